The highest BCUT2D eigenvalue weighted by molar-refractivity contribution is 6.11. The van der Waals surface area contributed by atoms with Gasteiger partial charge in [0.15, 0.2) is 0 Å². The lowest BCUT2D eigenvalue weighted by molar-refractivity contribution is 0.102. The molecule has 0 bridgehead atoms. The highest BCUT2D eigenvalue weighted by atomic mass is 16.1. The van der Waals surface area contributed by atoms with Crippen LogP contribution >= 0.6 is 0 Å². The summed E-state index contributed by atoms with van der Waals surface area (Å²) in [5.74, 6) is 0.120. The molecule has 0 saturated heterocycles. The zero-order valence-electron chi connectivity index (χ0n) is 11.6. The topological polar surface area (TPSA) is 70.7 Å². The van der Waals surface area contributed by atoms with Crippen molar-refractivity contribution < 1.29 is 4.79 Å². The standard InChI is InChI=1S/C17H12N4O/c22-16(20-17-18-10-19-21-17)13-8-7-12-6-5-11-3-1-2-4-14(11)15(12)9-13/h1-10H,(H2,18,19,20,21,22). The molecule has 0 aliphatic carbocycles. The van der Waals surface area contributed by atoms with Gasteiger partial charge in [0.05, 0.1) is 0 Å². The van der Waals surface area contributed by atoms with Crippen LogP contribution in [-0.4, -0.2) is 21.1 Å². The van der Waals surface area contributed by atoms with E-state index in [0.717, 1.165) is 21.5 Å². The molecule has 0 atom stereocenters. The molecule has 3 aromatic carbocycles. The molecule has 0 spiro atoms. The predicted molar refractivity (Wildman–Crippen MR) is 85.8 cm³/mol. The second kappa shape index (κ2) is 4.96. The molecule has 2 N–H and O–H groups in total. The fourth-order valence-electron chi connectivity index (χ4n) is 2.59. The monoisotopic (exact) mass is 288 g/mol. The smallest absolute Gasteiger partial charge is 0.258 e. The molecule has 1 amide bonds. The molecular formula is C17H12N4O. The van der Waals surface area contributed by atoms with Crippen molar-refractivity contribution in [2.75, 3.05) is 5.32 Å². The van der Waals surface area contributed by atoms with E-state index in [1.165, 1.54) is 6.33 Å². The van der Waals surface area contributed by atoms with Crippen LogP contribution in [0.4, 0.5) is 5.95 Å². The minimum absolute atomic E-state index is 0.216. The Morgan fingerprint density at radius 3 is 2.55 bits per heavy atom. The van der Waals surface area contributed by atoms with Gasteiger partial charge in [0.25, 0.3) is 5.91 Å². The van der Waals surface area contributed by atoms with Crippen LogP contribution in [-0.2, 0) is 0 Å². The number of amides is 1. The molecule has 106 valence electrons. The number of H-pyrrole nitrogens is 1. The van der Waals surface area contributed by atoms with E-state index in [-0.39, 0.29) is 5.91 Å². The molecule has 5 nitrogen and oxygen atoms in total. The summed E-state index contributed by atoms with van der Waals surface area (Å²) < 4.78 is 0. The van der Waals surface area contributed by atoms with E-state index in [2.05, 4.69) is 44.8 Å². The zero-order chi connectivity index (χ0) is 14.9. The van der Waals surface area contributed by atoms with Crippen molar-refractivity contribution in [3.63, 3.8) is 0 Å². The molecule has 0 aliphatic heterocycles. The summed E-state index contributed by atoms with van der Waals surface area (Å²) in [5, 5.41) is 13.5. The number of carbonyl (C=O) groups is 1. The van der Waals surface area contributed by atoms with Crippen LogP contribution in [0.3, 0.4) is 0 Å². The van der Waals surface area contributed by atoms with Gasteiger partial charge in [-0.2, -0.15) is 10.1 Å². The van der Waals surface area contributed by atoms with Crippen molar-refractivity contribution >= 4 is 33.4 Å². The van der Waals surface area contributed by atoms with E-state index in [0.29, 0.717) is 11.5 Å². The number of hydrogen-bond acceptors (Lipinski definition) is 3. The lowest BCUT2D eigenvalue weighted by Gasteiger charge is -2.07. The Bertz CT molecular complexity index is 976. The lowest BCUT2D eigenvalue weighted by Crippen LogP contribution is -2.12. The summed E-state index contributed by atoms with van der Waals surface area (Å²) >= 11 is 0. The van der Waals surface area contributed by atoms with Gasteiger partial charge >= 0.3 is 0 Å². The van der Waals surface area contributed by atoms with Crippen molar-refractivity contribution in [3.8, 4) is 0 Å². The van der Waals surface area contributed by atoms with Gasteiger partial charge in [0.2, 0.25) is 5.95 Å². The van der Waals surface area contributed by atoms with Crippen LogP contribution < -0.4 is 5.32 Å². The molecule has 4 rings (SSSR count). The molecule has 22 heavy (non-hydrogen) atoms. The summed E-state index contributed by atoms with van der Waals surface area (Å²) in [4.78, 5) is 16.2. The number of hydrogen-bond donors (Lipinski definition) is 2. The molecule has 0 saturated carbocycles. The quantitative estimate of drug-likeness (QED) is 0.556. The first-order chi connectivity index (χ1) is 10.8. The maximum absolute atomic E-state index is 12.3. The number of aromatic nitrogens is 3. The van der Waals surface area contributed by atoms with Crippen molar-refractivity contribution in [2.45, 2.75) is 0 Å². The maximum Gasteiger partial charge on any atom is 0.258 e. The lowest BCUT2D eigenvalue weighted by atomic mass is 10.00. The van der Waals surface area contributed by atoms with Crippen molar-refractivity contribution in [1.29, 1.82) is 0 Å². The van der Waals surface area contributed by atoms with Crippen molar-refractivity contribution in [3.05, 3.63) is 66.5 Å². The molecule has 1 aromatic heterocycles. The first kappa shape index (κ1) is 12.5. The molecule has 0 fully saturated rings. The van der Waals surface area contributed by atoms with Gasteiger partial charge in [-0.1, -0.05) is 42.5 Å². The first-order valence-corrected chi connectivity index (χ1v) is 6.89. The van der Waals surface area contributed by atoms with Crippen molar-refractivity contribution in [1.82, 2.24) is 15.2 Å². The van der Waals surface area contributed by atoms with E-state index in [9.17, 15) is 4.79 Å². The van der Waals surface area contributed by atoms with E-state index in [1.54, 1.807) is 0 Å². The van der Waals surface area contributed by atoms with Gasteiger partial charge in [-0.05, 0) is 33.7 Å². The minimum Gasteiger partial charge on any atom is -0.291 e. The minimum atomic E-state index is -0.216. The van der Waals surface area contributed by atoms with Crippen LogP contribution in [0.25, 0.3) is 21.5 Å². The molecule has 0 aliphatic rings. The molecule has 5 heteroatoms. The Morgan fingerprint density at radius 2 is 1.73 bits per heavy atom. The maximum atomic E-state index is 12.3. The first-order valence-electron chi connectivity index (χ1n) is 6.89. The molecule has 1 heterocycles. The van der Waals surface area contributed by atoms with Crippen LogP contribution in [0, 0.1) is 0 Å². The summed E-state index contributed by atoms with van der Waals surface area (Å²) in [5.41, 5.74) is 0.584. The van der Waals surface area contributed by atoms with Crippen LogP contribution in [0.5, 0.6) is 0 Å². The Morgan fingerprint density at radius 1 is 0.955 bits per heavy atom. The predicted octanol–water partition coefficient (Wildman–Crippen LogP) is 3.36. The van der Waals surface area contributed by atoms with E-state index in [4.69, 9.17) is 0 Å². The Kier molecular flexibility index (Phi) is 2.83. The SMILES string of the molecule is O=C(Nc1ncn[nH]1)c1ccc2ccc3ccccc3c2c1. The largest absolute Gasteiger partial charge is 0.291 e. The molecule has 0 radical (unpaired) electrons. The summed E-state index contributed by atoms with van der Waals surface area (Å²) in [7, 11) is 0. The zero-order valence-corrected chi connectivity index (χ0v) is 11.6. The number of aromatic amines is 1. The van der Waals surface area contributed by atoms with Crippen LogP contribution in [0.2, 0.25) is 0 Å². The number of nitrogens with one attached hydrogen (secondary N) is 2. The molecule has 0 unspecified atom stereocenters. The fraction of sp³-hybridized carbons (Fsp3) is 0. The highest BCUT2D eigenvalue weighted by Crippen LogP contribution is 2.26. The fourth-order valence-corrected chi connectivity index (χ4v) is 2.59. The van der Waals surface area contributed by atoms with E-state index in [1.807, 2.05) is 30.3 Å². The highest BCUT2D eigenvalue weighted by Gasteiger charge is 2.09. The second-order valence-electron chi connectivity index (χ2n) is 5.01. The average Bonchev–Trinajstić information content (AvgIpc) is 3.07. The normalized spacial score (nSPS) is 10.9. The number of rotatable bonds is 2. The molecular weight excluding hydrogens is 276 g/mol. The van der Waals surface area contributed by atoms with Gasteiger partial charge in [0.1, 0.15) is 6.33 Å². The van der Waals surface area contributed by atoms with Gasteiger partial charge in [-0.3, -0.25) is 10.1 Å². The van der Waals surface area contributed by atoms with Crippen LogP contribution in [0.1, 0.15) is 10.4 Å². The van der Waals surface area contributed by atoms with Gasteiger partial charge < -0.3 is 0 Å². The van der Waals surface area contributed by atoms with E-state index >= 15 is 0 Å². The van der Waals surface area contributed by atoms with Gasteiger partial charge in [-0.25, -0.2) is 5.10 Å². The summed E-state index contributed by atoms with van der Waals surface area (Å²) in [6.45, 7) is 0. The third-order valence-electron chi connectivity index (χ3n) is 3.66. The summed E-state index contributed by atoms with van der Waals surface area (Å²) in [6.07, 6.45) is 1.35. The molecule has 4 aromatic rings. The van der Waals surface area contributed by atoms with Crippen LogP contribution in [0.15, 0.2) is 60.9 Å². The number of nitrogens with zero attached hydrogens (tertiary/aromatic N) is 2. The Labute approximate surface area is 126 Å². The number of benzene rings is 3. The average molecular weight is 288 g/mol. The number of anilines is 1. The van der Waals surface area contributed by atoms with Gasteiger partial charge in [-0.15, -0.1) is 0 Å². The van der Waals surface area contributed by atoms with E-state index < -0.39 is 0 Å². The number of fused-ring (bicyclic) bond motifs is 3. The van der Waals surface area contributed by atoms with Crippen molar-refractivity contribution in [2.24, 2.45) is 0 Å². The Hall–Kier alpha value is -3.21. The third-order valence-corrected chi connectivity index (χ3v) is 3.66. The third kappa shape index (κ3) is 2.09. The Balaban J connectivity index is 1.82. The number of carbonyl (C=O) groups excluding carboxylic acids is 1. The van der Waals surface area contributed by atoms with Gasteiger partial charge in [0, 0.05) is 5.56 Å². The summed E-state index contributed by atoms with van der Waals surface area (Å²) in [6, 6.07) is 18.0. The second-order valence-corrected chi connectivity index (χ2v) is 5.01.